The minimum Gasteiger partial charge on any atom is -0.496 e. The molecule has 25 heavy (non-hydrogen) atoms. The summed E-state index contributed by atoms with van der Waals surface area (Å²) in [7, 11) is 1.60. The van der Waals surface area contributed by atoms with Crippen molar-refractivity contribution in [2.75, 3.05) is 18.6 Å². The minimum atomic E-state index is 0.108. The van der Waals surface area contributed by atoms with Gasteiger partial charge in [0.2, 0.25) is 0 Å². The maximum absolute atomic E-state index is 7.07. The van der Waals surface area contributed by atoms with Crippen LogP contribution in [-0.4, -0.2) is 19.5 Å². The van der Waals surface area contributed by atoms with Crippen LogP contribution in [0.3, 0.4) is 0 Å². The number of hydrogen-bond acceptors (Lipinski definition) is 5. The van der Waals surface area contributed by atoms with Crippen LogP contribution in [0.25, 0.3) is 0 Å². The summed E-state index contributed by atoms with van der Waals surface area (Å²) in [6.07, 6.45) is 2.20. The minimum absolute atomic E-state index is 0.108. The first kappa shape index (κ1) is 21.4. The van der Waals surface area contributed by atoms with E-state index in [1.165, 1.54) is 6.21 Å². The van der Waals surface area contributed by atoms with Crippen LogP contribution >= 0.6 is 46.4 Å². The zero-order chi connectivity index (χ0) is 19.3. The predicted octanol–water partition coefficient (Wildman–Crippen LogP) is 5.46. The molecule has 6 N–H and O–H groups in total. The third kappa shape index (κ3) is 4.70. The lowest BCUT2D eigenvalue weighted by molar-refractivity contribution is 0.411. The Kier molecular flexibility index (Phi) is 7.83. The lowest BCUT2D eigenvalue weighted by Crippen LogP contribution is -1.96. The molecular weight excluding hydrogens is 406 g/mol. The number of halogens is 4. The van der Waals surface area contributed by atoms with Gasteiger partial charge in [-0.15, -0.1) is 0 Å². The second-order valence-corrected chi connectivity index (χ2v) is 6.33. The summed E-state index contributed by atoms with van der Waals surface area (Å²) < 4.78 is 5.08. The van der Waals surface area contributed by atoms with Crippen molar-refractivity contribution in [1.82, 2.24) is 0 Å². The van der Waals surface area contributed by atoms with Crippen molar-refractivity contribution in [2.24, 2.45) is 0 Å². The number of hydrogen-bond donors (Lipinski definition) is 4. The van der Waals surface area contributed by atoms with Gasteiger partial charge in [-0.05, 0) is 24.6 Å². The molecule has 0 aliphatic carbocycles. The van der Waals surface area contributed by atoms with E-state index in [4.69, 9.17) is 73.4 Å². The average Bonchev–Trinajstić information content (AvgIpc) is 2.59. The number of anilines is 2. The van der Waals surface area contributed by atoms with E-state index in [2.05, 4.69) is 0 Å². The van der Waals surface area contributed by atoms with Gasteiger partial charge in [-0.2, -0.15) is 0 Å². The number of aryl methyl sites for hydroxylation is 1. The van der Waals surface area contributed by atoms with E-state index in [1.807, 2.05) is 6.92 Å². The molecule has 0 atom stereocenters. The van der Waals surface area contributed by atoms with Gasteiger partial charge in [0.05, 0.1) is 32.9 Å². The molecule has 9 heteroatoms. The summed E-state index contributed by atoms with van der Waals surface area (Å²) in [4.78, 5) is 0. The fraction of sp³-hybridized carbons (Fsp3) is 0.125. The van der Waals surface area contributed by atoms with Crippen LogP contribution in [0.15, 0.2) is 12.1 Å². The molecule has 2 aromatic rings. The smallest absolute Gasteiger partial charge is 0.122 e. The first-order valence-electron chi connectivity index (χ1n) is 6.76. The highest BCUT2D eigenvalue weighted by Gasteiger charge is 2.16. The Bertz CT molecular complexity index is 796. The highest BCUT2D eigenvalue weighted by Crippen LogP contribution is 2.42. The van der Waals surface area contributed by atoms with Gasteiger partial charge in [0.15, 0.2) is 0 Å². The lowest BCUT2D eigenvalue weighted by atomic mass is 10.1. The second-order valence-electron chi connectivity index (χ2n) is 4.82. The second kappa shape index (κ2) is 9.15. The Balaban J connectivity index is 0.000000251. The van der Waals surface area contributed by atoms with E-state index in [0.717, 1.165) is 17.5 Å². The Hall–Kier alpha value is -1.66. The highest BCUT2D eigenvalue weighted by atomic mass is 35.5. The third-order valence-electron chi connectivity index (χ3n) is 3.24. The van der Waals surface area contributed by atoms with Crippen LogP contribution < -0.4 is 16.2 Å². The Morgan fingerprint density at radius 3 is 1.96 bits per heavy atom. The number of benzene rings is 2. The summed E-state index contributed by atoms with van der Waals surface area (Å²) in [5.41, 5.74) is 13.9. The number of nitrogen functional groups attached to an aromatic ring is 2. The molecule has 0 saturated carbocycles. The van der Waals surface area contributed by atoms with Gasteiger partial charge in [-0.3, -0.25) is 0 Å². The molecular formula is C16H16Cl4N4O. The van der Waals surface area contributed by atoms with Crippen molar-refractivity contribution in [3.63, 3.8) is 0 Å². The summed E-state index contributed by atoms with van der Waals surface area (Å²) in [5.74, 6) is 0.766. The Morgan fingerprint density at radius 1 is 0.920 bits per heavy atom. The SMILES string of the molecule is COc1cc(C=N)c(N)cc1C.N=Cc1c(N)c(Cl)c(Cl)c(Cl)c1Cl. The molecule has 0 unspecified atom stereocenters. The number of ether oxygens (including phenoxy) is 1. The van der Waals surface area contributed by atoms with Crippen LogP contribution in [0.4, 0.5) is 11.4 Å². The maximum atomic E-state index is 7.07. The van der Waals surface area contributed by atoms with E-state index < -0.39 is 0 Å². The fourth-order valence-electron chi connectivity index (χ4n) is 1.88. The van der Waals surface area contributed by atoms with Crippen LogP contribution in [0, 0.1) is 17.7 Å². The molecule has 0 aliphatic heterocycles. The highest BCUT2D eigenvalue weighted by molar-refractivity contribution is 6.53. The standard InChI is InChI=1S/C9H12N2O.C7H4Cl4N2/c1-6-3-8(11)7(5-10)4-9(6)12-2;8-3-2(1-12)7(13)6(11)5(10)4(3)9/h3-5,10H,11H2,1-2H3;1,12H,13H2. The molecule has 0 saturated heterocycles. The van der Waals surface area contributed by atoms with E-state index >= 15 is 0 Å². The van der Waals surface area contributed by atoms with Crippen molar-refractivity contribution < 1.29 is 4.74 Å². The van der Waals surface area contributed by atoms with Gasteiger partial charge in [-0.1, -0.05) is 46.4 Å². The Morgan fingerprint density at radius 2 is 1.48 bits per heavy atom. The van der Waals surface area contributed by atoms with Crippen molar-refractivity contribution in [2.45, 2.75) is 6.92 Å². The number of nitrogens with one attached hydrogen (secondary N) is 2. The van der Waals surface area contributed by atoms with Crippen molar-refractivity contribution >= 4 is 70.2 Å². The Labute approximate surface area is 165 Å². The van der Waals surface area contributed by atoms with Crippen molar-refractivity contribution in [1.29, 1.82) is 10.8 Å². The zero-order valence-corrected chi connectivity index (χ0v) is 16.4. The van der Waals surface area contributed by atoms with Crippen LogP contribution in [0.2, 0.25) is 20.1 Å². The predicted molar refractivity (Wildman–Crippen MR) is 109 cm³/mol. The monoisotopic (exact) mass is 420 g/mol. The first-order chi connectivity index (χ1) is 11.7. The zero-order valence-electron chi connectivity index (χ0n) is 13.4. The number of nitrogens with two attached hydrogens (primary N) is 2. The largest absolute Gasteiger partial charge is 0.496 e. The molecule has 2 aromatic carbocycles. The number of rotatable bonds is 3. The van der Waals surface area contributed by atoms with Crippen LogP contribution in [0.1, 0.15) is 16.7 Å². The van der Waals surface area contributed by atoms with E-state index in [-0.39, 0.29) is 31.3 Å². The molecule has 0 heterocycles. The van der Waals surface area contributed by atoms with Gasteiger partial charge >= 0.3 is 0 Å². The van der Waals surface area contributed by atoms with Gasteiger partial charge in [0, 0.05) is 29.2 Å². The molecule has 0 fully saturated rings. The average molecular weight is 422 g/mol. The van der Waals surface area contributed by atoms with E-state index in [0.29, 0.717) is 11.3 Å². The van der Waals surface area contributed by atoms with Gasteiger partial charge in [0.25, 0.3) is 0 Å². The normalized spacial score (nSPS) is 9.84. The summed E-state index contributed by atoms with van der Waals surface area (Å²) in [6, 6.07) is 3.57. The molecule has 0 amide bonds. The molecule has 5 nitrogen and oxygen atoms in total. The summed E-state index contributed by atoms with van der Waals surface area (Å²) in [6.45, 7) is 1.92. The quantitative estimate of drug-likeness (QED) is 0.228. The van der Waals surface area contributed by atoms with Gasteiger partial charge in [-0.25, -0.2) is 0 Å². The topological polar surface area (TPSA) is 109 Å². The third-order valence-corrected chi connectivity index (χ3v) is 5.07. The van der Waals surface area contributed by atoms with Gasteiger partial charge < -0.3 is 27.0 Å². The molecule has 0 bridgehead atoms. The number of methoxy groups -OCH3 is 1. The maximum Gasteiger partial charge on any atom is 0.122 e. The first-order valence-corrected chi connectivity index (χ1v) is 8.27. The molecule has 0 radical (unpaired) electrons. The fourth-order valence-corrected chi connectivity index (χ4v) is 2.81. The van der Waals surface area contributed by atoms with E-state index in [1.54, 1.807) is 19.2 Å². The summed E-state index contributed by atoms with van der Waals surface area (Å²) >= 11 is 23.0. The summed E-state index contributed by atoms with van der Waals surface area (Å²) in [5, 5.41) is 14.6. The van der Waals surface area contributed by atoms with Gasteiger partial charge in [0.1, 0.15) is 5.75 Å². The van der Waals surface area contributed by atoms with Crippen LogP contribution in [-0.2, 0) is 0 Å². The van der Waals surface area contributed by atoms with Crippen LogP contribution in [0.5, 0.6) is 5.75 Å². The van der Waals surface area contributed by atoms with Crippen molar-refractivity contribution in [3.05, 3.63) is 48.9 Å². The molecule has 0 spiro atoms. The molecule has 0 aliphatic rings. The molecule has 2 rings (SSSR count). The lowest BCUT2D eigenvalue weighted by Gasteiger charge is -2.09. The molecule has 0 aromatic heterocycles. The van der Waals surface area contributed by atoms with Crippen molar-refractivity contribution in [3.8, 4) is 5.75 Å². The molecule has 134 valence electrons. The van der Waals surface area contributed by atoms with E-state index in [9.17, 15) is 0 Å².